The first kappa shape index (κ1) is 13.7. The van der Waals surface area contributed by atoms with E-state index in [2.05, 4.69) is 15.5 Å². The van der Waals surface area contributed by atoms with Crippen molar-refractivity contribution in [3.05, 3.63) is 34.4 Å². The fourth-order valence-electron chi connectivity index (χ4n) is 1.97. The van der Waals surface area contributed by atoms with Crippen LogP contribution in [0.1, 0.15) is 41.8 Å². The first-order valence-electron chi connectivity index (χ1n) is 6.10. The van der Waals surface area contributed by atoms with E-state index in [9.17, 15) is 4.79 Å². The summed E-state index contributed by atoms with van der Waals surface area (Å²) in [7, 11) is 0. The second-order valence-electron chi connectivity index (χ2n) is 4.81. The Hall–Kier alpha value is -1.75. The molecule has 0 aliphatic heterocycles. The number of carbonyl (C=O) groups excluding carboxylic acids is 1. The topological polar surface area (TPSA) is 62.7 Å². The van der Waals surface area contributed by atoms with Crippen molar-refractivity contribution < 1.29 is 4.79 Å². The number of amides is 1. The van der Waals surface area contributed by atoms with Gasteiger partial charge in [-0.2, -0.15) is 5.10 Å². The van der Waals surface area contributed by atoms with Gasteiger partial charge in [0, 0.05) is 12.2 Å². The number of nitrogens with zero attached hydrogens (tertiary/aromatic N) is 2. The molecule has 2 rings (SSSR count). The summed E-state index contributed by atoms with van der Waals surface area (Å²) in [4.78, 5) is 12.3. The van der Waals surface area contributed by atoms with Crippen LogP contribution in [0.2, 0.25) is 5.02 Å². The molecule has 0 saturated heterocycles. The van der Waals surface area contributed by atoms with Gasteiger partial charge in [0.1, 0.15) is 5.69 Å². The molecule has 5 nitrogen and oxygen atoms in total. The minimum atomic E-state index is -0.187. The highest BCUT2D eigenvalue weighted by molar-refractivity contribution is 6.31. The molecule has 2 heterocycles. The van der Waals surface area contributed by atoms with E-state index < -0.39 is 0 Å². The second-order valence-corrected chi connectivity index (χ2v) is 5.24. The lowest BCUT2D eigenvalue weighted by Gasteiger charge is -2.12. The van der Waals surface area contributed by atoms with Crippen molar-refractivity contribution in [1.82, 2.24) is 14.8 Å². The first-order valence-corrected chi connectivity index (χ1v) is 6.48. The van der Waals surface area contributed by atoms with Gasteiger partial charge in [-0.25, -0.2) is 0 Å². The lowest BCUT2D eigenvalue weighted by Crippen LogP contribution is -2.18. The van der Waals surface area contributed by atoms with Gasteiger partial charge in [-0.15, -0.1) is 0 Å². The molecule has 2 aromatic heterocycles. The Balaban J connectivity index is 2.30. The smallest absolute Gasteiger partial charge is 0.272 e. The van der Waals surface area contributed by atoms with Crippen LogP contribution in [0.15, 0.2) is 12.3 Å². The first-order chi connectivity index (χ1) is 8.90. The number of anilines is 1. The molecule has 19 heavy (non-hydrogen) atoms. The minimum absolute atomic E-state index is 0.166. The van der Waals surface area contributed by atoms with Crippen LogP contribution in [0, 0.1) is 13.8 Å². The molecular weight excluding hydrogens is 264 g/mol. The van der Waals surface area contributed by atoms with Crippen molar-refractivity contribution in [2.45, 2.75) is 33.7 Å². The fraction of sp³-hybridized carbons (Fsp3) is 0.385. The summed E-state index contributed by atoms with van der Waals surface area (Å²) in [5.74, 6) is -0.187. The SMILES string of the molecule is Cc1n[nH]c(C)c1NC(=O)c1cc(Cl)cn1C(C)C. The Morgan fingerprint density at radius 1 is 1.47 bits per heavy atom. The quantitative estimate of drug-likeness (QED) is 0.906. The van der Waals surface area contributed by atoms with Gasteiger partial charge in [0.25, 0.3) is 5.91 Å². The number of aromatic amines is 1. The van der Waals surface area contributed by atoms with Crippen molar-refractivity contribution in [2.75, 3.05) is 5.32 Å². The van der Waals surface area contributed by atoms with Crippen LogP contribution in [-0.2, 0) is 0 Å². The molecule has 6 heteroatoms. The molecule has 102 valence electrons. The normalized spacial score (nSPS) is 11.1. The average Bonchev–Trinajstić information content (AvgIpc) is 2.87. The molecule has 1 amide bonds. The predicted molar refractivity (Wildman–Crippen MR) is 75.8 cm³/mol. The Labute approximate surface area is 117 Å². The van der Waals surface area contributed by atoms with E-state index in [1.165, 1.54) is 0 Å². The zero-order valence-electron chi connectivity index (χ0n) is 11.4. The summed E-state index contributed by atoms with van der Waals surface area (Å²) >= 11 is 5.98. The number of hydrogen-bond acceptors (Lipinski definition) is 2. The standard InChI is InChI=1S/C13H17ClN4O/c1-7(2)18-6-10(14)5-11(18)13(19)15-12-8(3)16-17-9(12)4/h5-7H,1-4H3,(H,15,19)(H,16,17). The molecule has 2 N–H and O–H groups in total. The second kappa shape index (κ2) is 5.09. The zero-order chi connectivity index (χ0) is 14.2. The van der Waals surface area contributed by atoms with Gasteiger partial charge in [0.05, 0.1) is 22.1 Å². The van der Waals surface area contributed by atoms with Crippen molar-refractivity contribution in [3.8, 4) is 0 Å². The van der Waals surface area contributed by atoms with E-state index in [-0.39, 0.29) is 11.9 Å². The fourth-order valence-corrected chi connectivity index (χ4v) is 2.18. The summed E-state index contributed by atoms with van der Waals surface area (Å²) < 4.78 is 1.85. The van der Waals surface area contributed by atoms with Gasteiger partial charge in [0.15, 0.2) is 0 Å². The third-order valence-electron chi connectivity index (χ3n) is 2.97. The van der Waals surface area contributed by atoms with E-state index in [4.69, 9.17) is 11.6 Å². The Morgan fingerprint density at radius 2 is 2.16 bits per heavy atom. The molecule has 0 bridgehead atoms. The highest BCUT2D eigenvalue weighted by atomic mass is 35.5. The molecule has 0 unspecified atom stereocenters. The number of hydrogen-bond donors (Lipinski definition) is 2. The molecule has 0 spiro atoms. The van der Waals surface area contributed by atoms with Crippen LogP contribution in [0.25, 0.3) is 0 Å². The maximum atomic E-state index is 12.3. The largest absolute Gasteiger partial charge is 0.339 e. The van der Waals surface area contributed by atoms with Crippen molar-refractivity contribution in [3.63, 3.8) is 0 Å². The molecule has 0 fully saturated rings. The molecule has 0 atom stereocenters. The van der Waals surface area contributed by atoms with Gasteiger partial charge in [-0.05, 0) is 33.8 Å². The lowest BCUT2D eigenvalue weighted by atomic mass is 10.3. The zero-order valence-corrected chi connectivity index (χ0v) is 12.2. The van der Waals surface area contributed by atoms with Gasteiger partial charge in [-0.1, -0.05) is 11.6 Å². The number of rotatable bonds is 3. The minimum Gasteiger partial charge on any atom is -0.339 e. The monoisotopic (exact) mass is 280 g/mol. The van der Waals surface area contributed by atoms with Gasteiger partial charge < -0.3 is 9.88 Å². The van der Waals surface area contributed by atoms with Gasteiger partial charge >= 0.3 is 0 Å². The van der Waals surface area contributed by atoms with Crippen LogP contribution < -0.4 is 5.32 Å². The molecule has 0 saturated carbocycles. The van der Waals surface area contributed by atoms with Crippen LogP contribution in [0.3, 0.4) is 0 Å². The number of H-pyrrole nitrogens is 1. The van der Waals surface area contributed by atoms with Crippen LogP contribution >= 0.6 is 11.6 Å². The van der Waals surface area contributed by atoms with Gasteiger partial charge in [0.2, 0.25) is 0 Å². The summed E-state index contributed by atoms with van der Waals surface area (Å²) in [6.07, 6.45) is 1.76. The Bertz CT molecular complexity index is 593. The van der Waals surface area contributed by atoms with E-state index >= 15 is 0 Å². The Morgan fingerprint density at radius 3 is 2.68 bits per heavy atom. The highest BCUT2D eigenvalue weighted by Crippen LogP contribution is 2.22. The van der Waals surface area contributed by atoms with Crippen LogP contribution in [0.5, 0.6) is 0 Å². The summed E-state index contributed by atoms with van der Waals surface area (Å²) in [6.45, 7) is 7.71. The highest BCUT2D eigenvalue weighted by Gasteiger charge is 2.17. The molecule has 0 aliphatic carbocycles. The third kappa shape index (κ3) is 2.66. The van der Waals surface area contributed by atoms with Crippen LogP contribution in [-0.4, -0.2) is 20.7 Å². The molecule has 0 aromatic carbocycles. The lowest BCUT2D eigenvalue weighted by molar-refractivity contribution is 0.101. The Kier molecular flexibility index (Phi) is 3.66. The maximum Gasteiger partial charge on any atom is 0.272 e. The molecular formula is C13H17ClN4O. The van der Waals surface area contributed by atoms with Crippen molar-refractivity contribution in [2.24, 2.45) is 0 Å². The predicted octanol–water partition coefficient (Wildman–Crippen LogP) is 3.31. The number of aryl methyl sites for hydroxylation is 2. The average molecular weight is 281 g/mol. The van der Waals surface area contributed by atoms with Gasteiger partial charge in [-0.3, -0.25) is 9.89 Å². The molecule has 2 aromatic rings. The third-order valence-corrected chi connectivity index (χ3v) is 3.18. The summed E-state index contributed by atoms with van der Waals surface area (Å²) in [5.41, 5.74) is 2.86. The van der Waals surface area contributed by atoms with E-state index in [0.29, 0.717) is 10.7 Å². The number of aromatic nitrogens is 3. The summed E-state index contributed by atoms with van der Waals surface area (Å²) in [5, 5.41) is 10.3. The molecule has 0 aliphatic rings. The van der Waals surface area contributed by atoms with E-state index in [0.717, 1.165) is 17.1 Å². The van der Waals surface area contributed by atoms with Crippen molar-refractivity contribution >= 4 is 23.2 Å². The number of carbonyl (C=O) groups is 1. The number of halogens is 1. The number of nitrogens with one attached hydrogen (secondary N) is 2. The van der Waals surface area contributed by atoms with E-state index in [1.54, 1.807) is 12.3 Å². The van der Waals surface area contributed by atoms with E-state index in [1.807, 2.05) is 32.3 Å². The maximum absolute atomic E-state index is 12.3. The van der Waals surface area contributed by atoms with Crippen molar-refractivity contribution in [1.29, 1.82) is 0 Å². The van der Waals surface area contributed by atoms with Crippen LogP contribution in [0.4, 0.5) is 5.69 Å². The summed E-state index contributed by atoms with van der Waals surface area (Å²) in [6, 6.07) is 1.83. The molecule has 0 radical (unpaired) electrons.